The maximum absolute atomic E-state index is 12.9. The summed E-state index contributed by atoms with van der Waals surface area (Å²) in [6.45, 7) is 0. The second-order valence-corrected chi connectivity index (χ2v) is 7.22. The fourth-order valence-corrected chi connectivity index (χ4v) is 3.83. The summed E-state index contributed by atoms with van der Waals surface area (Å²) in [5, 5.41) is 23.1. The van der Waals surface area contributed by atoms with Gasteiger partial charge in [0.15, 0.2) is 5.13 Å². The monoisotopic (exact) mass is 392 g/mol. The molecule has 1 unspecified atom stereocenters. The van der Waals surface area contributed by atoms with Gasteiger partial charge in [-0.15, -0.1) is 11.3 Å². The van der Waals surface area contributed by atoms with Crippen molar-refractivity contribution in [2.24, 2.45) is 0 Å². The van der Waals surface area contributed by atoms with E-state index in [2.05, 4.69) is 15.3 Å². The Morgan fingerprint density at radius 1 is 1.22 bits per heavy atom. The van der Waals surface area contributed by atoms with Crippen LogP contribution in [-0.4, -0.2) is 15.9 Å². The number of thiazole rings is 1. The highest BCUT2D eigenvalue weighted by Gasteiger charge is 2.25. The molecule has 0 spiro atoms. The van der Waals surface area contributed by atoms with E-state index < -0.39 is 5.25 Å². The zero-order chi connectivity index (χ0) is 19.2. The van der Waals surface area contributed by atoms with Gasteiger partial charge in [-0.3, -0.25) is 4.79 Å². The molecule has 3 N–H and O–H groups in total. The van der Waals surface area contributed by atoms with Gasteiger partial charge in [-0.05, 0) is 11.6 Å². The number of amides is 1. The number of pyridine rings is 1. The summed E-state index contributed by atoms with van der Waals surface area (Å²) in [6.07, 6.45) is 1.60. The molecule has 132 valence electrons. The summed E-state index contributed by atoms with van der Waals surface area (Å²) in [5.41, 5.74) is 6.84. The van der Waals surface area contributed by atoms with Crippen LogP contribution in [-0.2, 0) is 4.79 Å². The Kier molecular flexibility index (Phi) is 5.67. The van der Waals surface area contributed by atoms with Crippen LogP contribution in [0.5, 0.6) is 0 Å². The molecule has 2 heterocycles. The maximum Gasteiger partial charge on any atom is 0.244 e. The van der Waals surface area contributed by atoms with E-state index in [-0.39, 0.29) is 27.9 Å². The van der Waals surface area contributed by atoms with Crippen molar-refractivity contribution >= 4 is 40.0 Å². The van der Waals surface area contributed by atoms with Gasteiger partial charge in [0, 0.05) is 11.6 Å². The number of hydrogen-bond donors (Lipinski definition) is 2. The normalized spacial score (nSPS) is 11.2. The molecule has 0 bridgehead atoms. The number of anilines is 2. The number of aromatic nitrogens is 2. The van der Waals surface area contributed by atoms with E-state index in [0.29, 0.717) is 5.13 Å². The van der Waals surface area contributed by atoms with Gasteiger partial charge in [0.2, 0.25) is 5.91 Å². The minimum absolute atomic E-state index is 0.0196. The van der Waals surface area contributed by atoms with Gasteiger partial charge in [0.1, 0.15) is 28.2 Å². The summed E-state index contributed by atoms with van der Waals surface area (Å²) < 4.78 is 0. The SMILES string of the molecule is N#Cc1cc(C#N)c(SC(C(=O)Nc2nccs2)c2ccccc2)nc1N. The largest absolute Gasteiger partial charge is 0.383 e. The number of nitrogens with two attached hydrogens (primary N) is 1. The number of carbonyl (C=O) groups is 1. The van der Waals surface area contributed by atoms with Gasteiger partial charge in [-0.2, -0.15) is 10.5 Å². The summed E-state index contributed by atoms with van der Waals surface area (Å²) in [5.74, 6) is -0.277. The lowest BCUT2D eigenvalue weighted by atomic mass is 10.1. The molecule has 0 saturated carbocycles. The Balaban J connectivity index is 1.97. The van der Waals surface area contributed by atoms with Crippen LogP contribution in [0.4, 0.5) is 10.9 Å². The lowest BCUT2D eigenvalue weighted by molar-refractivity contribution is -0.115. The molecule has 0 aliphatic rings. The molecule has 1 amide bonds. The van der Waals surface area contributed by atoms with Gasteiger partial charge >= 0.3 is 0 Å². The smallest absolute Gasteiger partial charge is 0.244 e. The third kappa shape index (κ3) is 4.23. The quantitative estimate of drug-likeness (QED) is 0.637. The first kappa shape index (κ1) is 18.4. The summed E-state index contributed by atoms with van der Waals surface area (Å²) in [7, 11) is 0. The van der Waals surface area contributed by atoms with Crippen molar-refractivity contribution in [2.75, 3.05) is 11.1 Å². The van der Waals surface area contributed by atoms with Gasteiger partial charge in [0.25, 0.3) is 0 Å². The third-order valence-corrected chi connectivity index (χ3v) is 5.44. The maximum atomic E-state index is 12.9. The number of nitrogen functional groups attached to an aromatic ring is 1. The van der Waals surface area contributed by atoms with E-state index in [1.54, 1.807) is 11.6 Å². The first-order valence-corrected chi connectivity index (χ1v) is 9.41. The minimum Gasteiger partial charge on any atom is -0.383 e. The Labute approximate surface area is 163 Å². The fraction of sp³-hybridized carbons (Fsp3) is 0.0556. The molecular formula is C18H12N6OS2. The van der Waals surface area contributed by atoms with E-state index in [4.69, 9.17) is 11.0 Å². The zero-order valence-corrected chi connectivity index (χ0v) is 15.4. The number of nitrogens with zero attached hydrogens (tertiary/aromatic N) is 4. The number of hydrogen-bond acceptors (Lipinski definition) is 8. The Hall–Kier alpha value is -3.40. The highest BCUT2D eigenvalue weighted by atomic mass is 32.2. The highest BCUT2D eigenvalue weighted by Crippen LogP contribution is 2.37. The lowest BCUT2D eigenvalue weighted by Gasteiger charge is -2.16. The number of rotatable bonds is 5. The van der Waals surface area contributed by atoms with Gasteiger partial charge in [-0.1, -0.05) is 42.1 Å². The van der Waals surface area contributed by atoms with Gasteiger partial charge in [0.05, 0.1) is 11.1 Å². The van der Waals surface area contributed by atoms with Crippen LogP contribution >= 0.6 is 23.1 Å². The second-order valence-electron chi connectivity index (χ2n) is 5.23. The molecule has 9 heteroatoms. The predicted octanol–water partition coefficient (Wildman–Crippen LogP) is 3.34. The number of nitrogens with one attached hydrogen (secondary N) is 1. The van der Waals surface area contributed by atoms with Crippen LogP contribution in [0.15, 0.2) is 53.0 Å². The van der Waals surface area contributed by atoms with Crippen molar-refractivity contribution in [1.29, 1.82) is 10.5 Å². The van der Waals surface area contributed by atoms with Crippen LogP contribution in [0.2, 0.25) is 0 Å². The molecule has 0 aliphatic heterocycles. The Morgan fingerprint density at radius 3 is 2.59 bits per heavy atom. The second kappa shape index (κ2) is 8.32. The lowest BCUT2D eigenvalue weighted by Crippen LogP contribution is -2.19. The molecule has 0 radical (unpaired) electrons. The highest BCUT2D eigenvalue weighted by molar-refractivity contribution is 8.00. The van der Waals surface area contributed by atoms with E-state index in [1.807, 2.05) is 42.5 Å². The topological polar surface area (TPSA) is 128 Å². The van der Waals surface area contributed by atoms with Crippen molar-refractivity contribution in [1.82, 2.24) is 9.97 Å². The number of carbonyl (C=O) groups excluding carboxylic acids is 1. The van der Waals surface area contributed by atoms with Crippen LogP contribution < -0.4 is 11.1 Å². The summed E-state index contributed by atoms with van der Waals surface area (Å²) in [6, 6.07) is 14.4. The number of nitriles is 2. The molecule has 27 heavy (non-hydrogen) atoms. The van der Waals surface area contributed by atoms with Crippen LogP contribution in [0.3, 0.4) is 0 Å². The van der Waals surface area contributed by atoms with Crippen LogP contribution in [0.25, 0.3) is 0 Å². The Bertz CT molecular complexity index is 1040. The molecule has 7 nitrogen and oxygen atoms in total. The third-order valence-electron chi connectivity index (χ3n) is 3.49. The minimum atomic E-state index is -0.679. The first-order valence-electron chi connectivity index (χ1n) is 7.65. The van der Waals surface area contributed by atoms with Crippen LogP contribution in [0, 0.1) is 22.7 Å². The molecule has 0 saturated heterocycles. The molecule has 2 aromatic heterocycles. The van der Waals surface area contributed by atoms with E-state index in [0.717, 1.165) is 17.3 Å². The molecule has 1 aromatic carbocycles. The van der Waals surface area contributed by atoms with Crippen molar-refractivity contribution in [3.8, 4) is 12.1 Å². The molecule has 0 aliphatic carbocycles. The van der Waals surface area contributed by atoms with E-state index >= 15 is 0 Å². The van der Waals surface area contributed by atoms with Crippen LogP contribution in [0.1, 0.15) is 21.9 Å². The summed E-state index contributed by atoms with van der Waals surface area (Å²) in [4.78, 5) is 21.1. The van der Waals surface area contributed by atoms with Crippen molar-refractivity contribution < 1.29 is 4.79 Å². The summed E-state index contributed by atoms with van der Waals surface area (Å²) >= 11 is 2.41. The average Bonchev–Trinajstić information content (AvgIpc) is 3.19. The molecule has 3 aromatic rings. The standard InChI is InChI=1S/C18H12N6OS2/c19-9-12-8-13(10-20)17(23-15(12)21)27-14(11-4-2-1-3-5-11)16(25)24-18-22-6-7-26-18/h1-8,14H,(H2,21,23)(H,22,24,25). The average molecular weight is 392 g/mol. The van der Waals surface area contributed by atoms with E-state index in [1.165, 1.54) is 17.4 Å². The molecule has 0 fully saturated rings. The van der Waals surface area contributed by atoms with E-state index in [9.17, 15) is 10.1 Å². The Morgan fingerprint density at radius 2 is 1.96 bits per heavy atom. The molecular weight excluding hydrogens is 380 g/mol. The van der Waals surface area contributed by atoms with Gasteiger partial charge in [-0.25, -0.2) is 9.97 Å². The number of thioether (sulfide) groups is 1. The first-order chi connectivity index (χ1) is 13.1. The molecule has 3 rings (SSSR count). The van der Waals surface area contributed by atoms with Crippen molar-refractivity contribution in [2.45, 2.75) is 10.3 Å². The van der Waals surface area contributed by atoms with Gasteiger partial charge < -0.3 is 11.1 Å². The van der Waals surface area contributed by atoms with Crippen molar-refractivity contribution in [3.05, 3.63) is 64.7 Å². The zero-order valence-electron chi connectivity index (χ0n) is 13.8. The predicted molar refractivity (Wildman–Crippen MR) is 104 cm³/mol. The molecule has 1 atom stereocenters. The van der Waals surface area contributed by atoms with Crippen molar-refractivity contribution in [3.63, 3.8) is 0 Å². The number of benzene rings is 1. The fourth-order valence-electron chi connectivity index (χ4n) is 2.24.